The van der Waals surface area contributed by atoms with Gasteiger partial charge in [-0.3, -0.25) is 9.20 Å². The first-order valence-corrected chi connectivity index (χ1v) is 10.7. The van der Waals surface area contributed by atoms with Crippen LogP contribution >= 0.6 is 23.1 Å². The van der Waals surface area contributed by atoms with Gasteiger partial charge in [0, 0.05) is 16.3 Å². The fourth-order valence-electron chi connectivity index (χ4n) is 3.05. The van der Waals surface area contributed by atoms with Crippen molar-refractivity contribution in [3.05, 3.63) is 75.7 Å². The molecule has 4 aromatic rings. The number of carbonyl (C=O) groups is 1. The largest absolute Gasteiger partial charge is 0.344 e. The first kappa shape index (κ1) is 18.6. The third-order valence-corrected chi connectivity index (χ3v) is 6.13. The number of hydrogen-bond acceptors (Lipinski definition) is 6. The second kappa shape index (κ2) is 8.12. The minimum absolute atomic E-state index is 0.0540. The Balaban J connectivity index is 1.49. The number of benzene rings is 1. The molecule has 0 saturated carbocycles. The summed E-state index contributed by atoms with van der Waals surface area (Å²) in [7, 11) is 0. The van der Waals surface area contributed by atoms with Crippen molar-refractivity contribution in [1.29, 1.82) is 0 Å². The van der Waals surface area contributed by atoms with Gasteiger partial charge in [-0.2, -0.15) is 0 Å². The molecule has 0 saturated heterocycles. The van der Waals surface area contributed by atoms with Crippen LogP contribution in [0.1, 0.15) is 27.9 Å². The van der Waals surface area contributed by atoms with E-state index in [4.69, 9.17) is 0 Å². The van der Waals surface area contributed by atoms with E-state index in [1.54, 1.807) is 11.3 Å². The van der Waals surface area contributed by atoms with Crippen LogP contribution in [0.25, 0.3) is 5.78 Å². The highest BCUT2D eigenvalue weighted by Crippen LogP contribution is 2.26. The summed E-state index contributed by atoms with van der Waals surface area (Å²) in [4.78, 5) is 18.2. The fourth-order valence-corrected chi connectivity index (χ4v) is 4.65. The minimum atomic E-state index is -0.157. The first-order chi connectivity index (χ1) is 13.6. The molecule has 142 valence electrons. The highest BCUT2D eigenvalue weighted by Gasteiger charge is 2.19. The zero-order valence-electron chi connectivity index (χ0n) is 15.5. The number of thiophene rings is 1. The molecular weight excluding hydrogens is 390 g/mol. The first-order valence-electron chi connectivity index (χ1n) is 8.81. The van der Waals surface area contributed by atoms with E-state index < -0.39 is 0 Å². The molecule has 28 heavy (non-hydrogen) atoms. The Bertz CT molecular complexity index is 1090. The molecule has 4 rings (SSSR count). The number of fused-ring (bicyclic) bond motifs is 1. The van der Waals surface area contributed by atoms with Gasteiger partial charge < -0.3 is 5.32 Å². The van der Waals surface area contributed by atoms with Crippen molar-refractivity contribution < 1.29 is 4.79 Å². The number of thioether (sulfide) groups is 1. The summed E-state index contributed by atoms with van der Waals surface area (Å²) in [6, 6.07) is 15.9. The van der Waals surface area contributed by atoms with Crippen LogP contribution in [0.5, 0.6) is 0 Å². The molecule has 0 aliphatic heterocycles. The minimum Gasteiger partial charge on any atom is -0.344 e. The summed E-state index contributed by atoms with van der Waals surface area (Å²) in [5.74, 6) is 0.755. The lowest BCUT2D eigenvalue weighted by Gasteiger charge is -2.18. The maximum atomic E-state index is 12.7. The summed E-state index contributed by atoms with van der Waals surface area (Å²) in [6.07, 6.45) is 0. The second-order valence-corrected chi connectivity index (χ2v) is 8.29. The van der Waals surface area contributed by atoms with Crippen molar-refractivity contribution in [1.82, 2.24) is 24.9 Å². The topological polar surface area (TPSA) is 72.2 Å². The molecule has 0 radical (unpaired) electrons. The van der Waals surface area contributed by atoms with Crippen LogP contribution in [-0.2, 0) is 4.79 Å². The third-order valence-electron chi connectivity index (χ3n) is 4.26. The van der Waals surface area contributed by atoms with Gasteiger partial charge in [0.2, 0.25) is 5.91 Å². The average Bonchev–Trinajstić information content (AvgIpc) is 3.35. The smallest absolute Gasteiger partial charge is 0.256 e. The van der Waals surface area contributed by atoms with Gasteiger partial charge in [-0.1, -0.05) is 48.2 Å². The highest BCUT2D eigenvalue weighted by molar-refractivity contribution is 7.99. The van der Waals surface area contributed by atoms with Crippen molar-refractivity contribution in [3.63, 3.8) is 0 Å². The Hall–Kier alpha value is -2.71. The lowest BCUT2D eigenvalue weighted by molar-refractivity contribution is -0.119. The van der Waals surface area contributed by atoms with E-state index in [1.807, 2.05) is 72.2 Å². The van der Waals surface area contributed by atoms with E-state index in [9.17, 15) is 4.79 Å². The number of nitrogens with zero attached hydrogens (tertiary/aromatic N) is 4. The zero-order chi connectivity index (χ0) is 19.5. The Morgan fingerprint density at radius 2 is 2.00 bits per heavy atom. The Labute approximate surface area is 171 Å². The molecule has 1 atom stereocenters. The van der Waals surface area contributed by atoms with Gasteiger partial charge in [-0.05, 0) is 36.9 Å². The van der Waals surface area contributed by atoms with E-state index in [0.29, 0.717) is 10.9 Å². The summed E-state index contributed by atoms with van der Waals surface area (Å²) in [5.41, 5.74) is 2.95. The molecule has 0 aliphatic carbocycles. The average molecular weight is 410 g/mol. The van der Waals surface area contributed by atoms with Crippen LogP contribution in [-0.4, -0.2) is 31.2 Å². The van der Waals surface area contributed by atoms with Crippen LogP contribution in [0.3, 0.4) is 0 Å². The van der Waals surface area contributed by atoms with E-state index in [-0.39, 0.29) is 17.7 Å². The fraction of sp³-hybridized carbons (Fsp3) is 0.200. The summed E-state index contributed by atoms with van der Waals surface area (Å²) >= 11 is 2.99. The number of aromatic nitrogens is 4. The van der Waals surface area contributed by atoms with Gasteiger partial charge in [0.25, 0.3) is 5.78 Å². The SMILES string of the molecule is Cc1cc(C)n2c(SCC(=O)N[C@H](c3ccccc3)c3cccs3)nnc2n1. The van der Waals surface area contributed by atoms with Crippen LogP contribution in [0.4, 0.5) is 0 Å². The molecule has 3 aromatic heterocycles. The maximum absolute atomic E-state index is 12.7. The Morgan fingerprint density at radius 3 is 2.75 bits per heavy atom. The number of hydrogen-bond donors (Lipinski definition) is 1. The van der Waals surface area contributed by atoms with Gasteiger partial charge in [-0.15, -0.1) is 21.5 Å². The maximum Gasteiger partial charge on any atom is 0.256 e. The van der Waals surface area contributed by atoms with Crippen molar-refractivity contribution in [2.24, 2.45) is 0 Å². The quantitative estimate of drug-likeness (QED) is 0.491. The standard InChI is InChI=1S/C20H19N5OS2/c1-13-11-14(2)25-19(21-13)23-24-20(25)28-12-17(26)22-18(16-9-6-10-27-16)15-7-4-3-5-8-15/h3-11,18H,12H2,1-2H3,(H,22,26)/t18-/m1/s1. The monoisotopic (exact) mass is 409 g/mol. The van der Waals surface area contributed by atoms with Crippen LogP contribution in [0.2, 0.25) is 0 Å². The van der Waals surface area contributed by atoms with Crippen LogP contribution in [0.15, 0.2) is 59.1 Å². The number of rotatable bonds is 6. The number of nitrogens with one attached hydrogen (secondary N) is 1. The summed E-state index contributed by atoms with van der Waals surface area (Å²) in [5, 5.41) is 14.1. The number of aryl methyl sites for hydroxylation is 2. The van der Waals surface area contributed by atoms with E-state index >= 15 is 0 Å². The normalized spacial score (nSPS) is 12.2. The lowest BCUT2D eigenvalue weighted by Crippen LogP contribution is -2.30. The summed E-state index contributed by atoms with van der Waals surface area (Å²) in [6.45, 7) is 3.91. The molecule has 1 amide bonds. The molecule has 0 spiro atoms. The van der Waals surface area contributed by atoms with Gasteiger partial charge in [-0.25, -0.2) is 4.98 Å². The van der Waals surface area contributed by atoms with Gasteiger partial charge >= 0.3 is 0 Å². The van der Waals surface area contributed by atoms with Crippen LogP contribution < -0.4 is 5.32 Å². The zero-order valence-corrected chi connectivity index (χ0v) is 17.1. The van der Waals surface area contributed by atoms with E-state index in [1.165, 1.54) is 11.8 Å². The molecule has 0 aliphatic rings. The Kier molecular flexibility index (Phi) is 5.40. The highest BCUT2D eigenvalue weighted by atomic mass is 32.2. The van der Waals surface area contributed by atoms with Crippen LogP contribution in [0, 0.1) is 13.8 Å². The van der Waals surface area contributed by atoms with Gasteiger partial charge in [0.15, 0.2) is 5.16 Å². The molecule has 0 fully saturated rings. The molecular formula is C20H19N5OS2. The summed E-state index contributed by atoms with van der Waals surface area (Å²) < 4.78 is 1.87. The van der Waals surface area contributed by atoms with Crippen molar-refractivity contribution in [2.45, 2.75) is 25.0 Å². The molecule has 8 heteroatoms. The molecule has 0 unspecified atom stereocenters. The lowest BCUT2D eigenvalue weighted by atomic mass is 10.1. The van der Waals surface area contributed by atoms with Gasteiger partial charge in [0.05, 0.1) is 11.8 Å². The van der Waals surface area contributed by atoms with E-state index in [0.717, 1.165) is 21.8 Å². The van der Waals surface area contributed by atoms with Gasteiger partial charge in [0.1, 0.15) is 0 Å². The molecule has 3 heterocycles. The number of carbonyl (C=O) groups excluding carboxylic acids is 1. The van der Waals surface area contributed by atoms with Crippen molar-refractivity contribution in [2.75, 3.05) is 5.75 Å². The second-order valence-electron chi connectivity index (χ2n) is 6.37. The van der Waals surface area contributed by atoms with Crippen molar-refractivity contribution in [3.8, 4) is 0 Å². The molecule has 0 bridgehead atoms. The third kappa shape index (κ3) is 3.93. The molecule has 6 nitrogen and oxygen atoms in total. The molecule has 1 aromatic carbocycles. The van der Waals surface area contributed by atoms with E-state index in [2.05, 4.69) is 20.5 Å². The predicted molar refractivity (Wildman–Crippen MR) is 112 cm³/mol. The number of amides is 1. The predicted octanol–water partition coefficient (Wildman–Crippen LogP) is 3.80. The molecule has 1 N–H and O–H groups in total. The van der Waals surface area contributed by atoms with Crippen molar-refractivity contribution >= 4 is 34.8 Å². The Morgan fingerprint density at radius 1 is 1.18 bits per heavy atom.